The minimum atomic E-state index is -1.47. The van der Waals surface area contributed by atoms with E-state index in [0.717, 1.165) is 27.4 Å². The first-order valence-electron chi connectivity index (χ1n) is 9.50. The molecule has 138 valence electrons. The molecule has 4 aromatic carbocycles. The lowest BCUT2D eigenvalue weighted by Gasteiger charge is -2.04. The van der Waals surface area contributed by atoms with Gasteiger partial charge in [-0.3, -0.25) is 0 Å². The van der Waals surface area contributed by atoms with Crippen LogP contribution >= 0.6 is 11.3 Å². The SMILES string of the molecule is OB(O)c1ccc2[nH]c3ccc(-c4ccc5sc6ccccc6c5c4)cc3c2c1. The second kappa shape index (κ2) is 6.19. The summed E-state index contributed by atoms with van der Waals surface area (Å²) in [4.78, 5) is 3.41. The Balaban J connectivity index is 1.57. The molecule has 0 saturated carbocycles. The topological polar surface area (TPSA) is 56.2 Å². The van der Waals surface area contributed by atoms with Crippen molar-refractivity contribution in [3.63, 3.8) is 0 Å². The summed E-state index contributed by atoms with van der Waals surface area (Å²) in [5.74, 6) is 0. The Kier molecular flexibility index (Phi) is 3.59. The van der Waals surface area contributed by atoms with E-state index >= 15 is 0 Å². The van der Waals surface area contributed by atoms with Gasteiger partial charge in [-0.2, -0.15) is 0 Å². The van der Waals surface area contributed by atoms with Gasteiger partial charge in [0.15, 0.2) is 0 Å². The van der Waals surface area contributed by atoms with Gasteiger partial charge in [0.25, 0.3) is 0 Å². The molecule has 0 atom stereocenters. The fourth-order valence-corrected chi connectivity index (χ4v) is 5.25. The molecule has 0 spiro atoms. The van der Waals surface area contributed by atoms with Crippen molar-refractivity contribution < 1.29 is 10.0 Å². The van der Waals surface area contributed by atoms with Crippen molar-refractivity contribution in [3.8, 4) is 11.1 Å². The number of hydrogen-bond donors (Lipinski definition) is 3. The molecule has 6 aromatic rings. The minimum Gasteiger partial charge on any atom is -0.423 e. The van der Waals surface area contributed by atoms with Gasteiger partial charge in [-0.15, -0.1) is 11.3 Å². The van der Waals surface area contributed by atoms with E-state index in [2.05, 4.69) is 65.6 Å². The molecule has 3 nitrogen and oxygen atoms in total. The van der Waals surface area contributed by atoms with Crippen molar-refractivity contribution in [2.45, 2.75) is 0 Å². The Bertz CT molecular complexity index is 1550. The van der Waals surface area contributed by atoms with Crippen LogP contribution in [0.5, 0.6) is 0 Å². The zero-order valence-corrected chi connectivity index (χ0v) is 16.2. The first-order valence-corrected chi connectivity index (χ1v) is 10.3. The fourth-order valence-electron chi connectivity index (χ4n) is 4.16. The van der Waals surface area contributed by atoms with Crippen LogP contribution in [0.4, 0.5) is 0 Å². The van der Waals surface area contributed by atoms with Gasteiger partial charge in [0.05, 0.1) is 0 Å². The third-order valence-electron chi connectivity index (χ3n) is 5.63. The number of thiophene rings is 1. The molecule has 0 aliphatic rings. The zero-order chi connectivity index (χ0) is 19.5. The second-order valence-electron chi connectivity index (χ2n) is 7.37. The van der Waals surface area contributed by atoms with E-state index in [1.807, 2.05) is 23.5 Å². The van der Waals surface area contributed by atoms with Gasteiger partial charge in [-0.1, -0.05) is 42.5 Å². The molecule has 0 fully saturated rings. The van der Waals surface area contributed by atoms with Gasteiger partial charge >= 0.3 is 7.12 Å². The van der Waals surface area contributed by atoms with Gasteiger partial charge in [0.1, 0.15) is 0 Å². The summed E-state index contributed by atoms with van der Waals surface area (Å²) in [6.45, 7) is 0. The molecule has 2 aromatic heterocycles. The molecule has 0 unspecified atom stereocenters. The summed E-state index contributed by atoms with van der Waals surface area (Å²) in [5.41, 5.74) is 4.84. The van der Waals surface area contributed by atoms with Crippen LogP contribution in [-0.2, 0) is 0 Å². The summed E-state index contributed by atoms with van der Waals surface area (Å²) >= 11 is 1.82. The molecule has 3 N–H and O–H groups in total. The molecule has 0 aliphatic heterocycles. The van der Waals surface area contributed by atoms with E-state index in [-0.39, 0.29) is 0 Å². The van der Waals surface area contributed by atoms with Crippen molar-refractivity contribution in [2.75, 3.05) is 0 Å². The first-order chi connectivity index (χ1) is 14.2. The van der Waals surface area contributed by atoms with Crippen molar-refractivity contribution in [1.29, 1.82) is 0 Å². The van der Waals surface area contributed by atoms with Crippen molar-refractivity contribution >= 4 is 65.9 Å². The van der Waals surface area contributed by atoms with Crippen LogP contribution in [0.15, 0.2) is 78.9 Å². The number of aromatic nitrogens is 1. The van der Waals surface area contributed by atoms with Crippen molar-refractivity contribution in [3.05, 3.63) is 78.9 Å². The Labute approximate surface area is 171 Å². The van der Waals surface area contributed by atoms with E-state index in [1.165, 1.54) is 25.7 Å². The highest BCUT2D eigenvalue weighted by Crippen LogP contribution is 2.37. The quantitative estimate of drug-likeness (QED) is 0.361. The average molecular weight is 393 g/mol. The van der Waals surface area contributed by atoms with Crippen LogP contribution < -0.4 is 5.46 Å². The van der Waals surface area contributed by atoms with E-state index < -0.39 is 7.12 Å². The molecular formula is C24H16BNO2S. The fraction of sp³-hybridized carbons (Fsp3) is 0. The number of rotatable bonds is 2. The van der Waals surface area contributed by atoms with E-state index in [4.69, 9.17) is 0 Å². The maximum Gasteiger partial charge on any atom is 0.488 e. The molecule has 0 bridgehead atoms. The van der Waals surface area contributed by atoms with Gasteiger partial charge in [0, 0.05) is 42.0 Å². The minimum absolute atomic E-state index is 0.495. The number of hydrogen-bond acceptors (Lipinski definition) is 3. The highest BCUT2D eigenvalue weighted by Gasteiger charge is 2.14. The maximum atomic E-state index is 9.54. The van der Waals surface area contributed by atoms with Gasteiger partial charge in [-0.25, -0.2) is 0 Å². The van der Waals surface area contributed by atoms with Crippen LogP contribution in [0.3, 0.4) is 0 Å². The van der Waals surface area contributed by atoms with Crippen molar-refractivity contribution in [1.82, 2.24) is 4.98 Å². The van der Waals surface area contributed by atoms with Gasteiger partial charge in [-0.05, 0) is 53.0 Å². The molecule has 0 aliphatic carbocycles. The number of H-pyrrole nitrogens is 1. The molecule has 0 radical (unpaired) electrons. The first kappa shape index (κ1) is 16.8. The Morgan fingerprint density at radius 1 is 0.621 bits per heavy atom. The summed E-state index contributed by atoms with van der Waals surface area (Å²) in [5, 5.41) is 23.7. The predicted octanol–water partition coefficient (Wildman–Crippen LogP) is 5.04. The lowest BCUT2D eigenvalue weighted by Crippen LogP contribution is -2.29. The Hall–Kier alpha value is -3.12. The Morgan fingerprint density at radius 3 is 2.10 bits per heavy atom. The highest BCUT2D eigenvalue weighted by atomic mass is 32.1. The maximum absolute atomic E-state index is 9.54. The summed E-state index contributed by atoms with van der Waals surface area (Å²) in [7, 11) is -1.47. The monoisotopic (exact) mass is 393 g/mol. The third kappa shape index (κ3) is 2.59. The summed E-state index contributed by atoms with van der Waals surface area (Å²) < 4.78 is 2.60. The van der Waals surface area contributed by atoms with E-state index in [9.17, 15) is 10.0 Å². The molecule has 2 heterocycles. The van der Waals surface area contributed by atoms with Crippen LogP contribution in [0, 0.1) is 0 Å². The van der Waals surface area contributed by atoms with Crippen molar-refractivity contribution in [2.24, 2.45) is 0 Å². The van der Waals surface area contributed by atoms with Gasteiger partial charge in [0.2, 0.25) is 0 Å². The lowest BCUT2D eigenvalue weighted by molar-refractivity contribution is 0.426. The normalized spacial score (nSPS) is 11.8. The highest BCUT2D eigenvalue weighted by molar-refractivity contribution is 7.25. The molecule has 0 amide bonds. The lowest BCUT2D eigenvalue weighted by atomic mass is 9.80. The van der Waals surface area contributed by atoms with Gasteiger partial charge < -0.3 is 15.0 Å². The predicted molar refractivity (Wildman–Crippen MR) is 124 cm³/mol. The summed E-state index contributed by atoms with van der Waals surface area (Å²) in [6.07, 6.45) is 0. The Morgan fingerprint density at radius 2 is 1.28 bits per heavy atom. The van der Waals surface area contributed by atoms with Crippen LogP contribution in [0.25, 0.3) is 53.1 Å². The largest absolute Gasteiger partial charge is 0.488 e. The molecule has 0 saturated heterocycles. The average Bonchev–Trinajstić information content (AvgIpc) is 3.30. The third-order valence-corrected chi connectivity index (χ3v) is 6.78. The molecule has 6 rings (SSSR count). The standard InChI is InChI=1S/C24H16BNO2S/c27-25(28)16-7-9-22-19(13-16)18-11-14(5-8-21(18)26-22)15-6-10-24-20(12-15)17-3-1-2-4-23(17)29-24/h1-13,26-28H. The van der Waals surface area contributed by atoms with E-state index in [1.54, 1.807) is 6.07 Å². The van der Waals surface area contributed by atoms with Crippen LogP contribution in [0.1, 0.15) is 0 Å². The smallest absolute Gasteiger partial charge is 0.423 e. The van der Waals surface area contributed by atoms with Crippen LogP contribution in [-0.4, -0.2) is 22.2 Å². The van der Waals surface area contributed by atoms with Crippen LogP contribution in [0.2, 0.25) is 0 Å². The number of nitrogens with one attached hydrogen (secondary N) is 1. The molecule has 5 heteroatoms. The number of aromatic amines is 1. The van der Waals surface area contributed by atoms with E-state index in [0.29, 0.717) is 5.46 Å². The number of fused-ring (bicyclic) bond motifs is 6. The number of benzene rings is 4. The zero-order valence-electron chi connectivity index (χ0n) is 15.4. The molecular weight excluding hydrogens is 377 g/mol. The second-order valence-corrected chi connectivity index (χ2v) is 8.46. The molecule has 29 heavy (non-hydrogen) atoms. The summed E-state index contributed by atoms with van der Waals surface area (Å²) in [6, 6.07) is 27.1.